The van der Waals surface area contributed by atoms with E-state index < -0.39 is 10.0 Å². The van der Waals surface area contributed by atoms with E-state index in [1.807, 2.05) is 6.92 Å². The number of thiophene rings is 1. The van der Waals surface area contributed by atoms with Crippen LogP contribution in [0, 0.1) is 5.92 Å². The summed E-state index contributed by atoms with van der Waals surface area (Å²) in [5, 5.41) is 3.32. The van der Waals surface area contributed by atoms with Crippen molar-refractivity contribution >= 4 is 33.0 Å². The largest absolute Gasteiger partial charge is 0.316 e. The molecule has 0 radical (unpaired) electrons. The predicted octanol–water partition coefficient (Wildman–Crippen LogP) is 2.41. The summed E-state index contributed by atoms with van der Waals surface area (Å²) < 4.78 is 27.4. The van der Waals surface area contributed by atoms with Gasteiger partial charge in [-0.3, -0.25) is 0 Å². The number of nitrogens with zero attached hydrogens (tertiary/aromatic N) is 1. The highest BCUT2D eigenvalue weighted by molar-refractivity contribution is 7.91. The van der Waals surface area contributed by atoms with E-state index >= 15 is 0 Å². The number of halogens is 1. The van der Waals surface area contributed by atoms with Crippen LogP contribution in [0.3, 0.4) is 0 Å². The second-order valence-electron chi connectivity index (χ2n) is 4.73. The standard InChI is InChI=1S/C12H19ClN2O2S2/c1-2-15(9-10-4-3-7-14-8-10)19(16,17)12-6-5-11(13)18-12/h5-6,10,14H,2-4,7-9H2,1H3. The van der Waals surface area contributed by atoms with Gasteiger partial charge in [0.05, 0.1) is 4.34 Å². The molecule has 1 saturated heterocycles. The van der Waals surface area contributed by atoms with Gasteiger partial charge in [0.15, 0.2) is 0 Å². The van der Waals surface area contributed by atoms with E-state index in [-0.39, 0.29) is 0 Å². The fraction of sp³-hybridized carbons (Fsp3) is 0.667. The Hall–Kier alpha value is -0.140. The summed E-state index contributed by atoms with van der Waals surface area (Å²) in [6, 6.07) is 3.22. The van der Waals surface area contributed by atoms with Crippen LogP contribution in [0.5, 0.6) is 0 Å². The number of rotatable bonds is 5. The van der Waals surface area contributed by atoms with Crippen molar-refractivity contribution in [3.8, 4) is 0 Å². The van der Waals surface area contributed by atoms with Crippen LogP contribution in [-0.2, 0) is 10.0 Å². The first-order valence-corrected chi connectivity index (χ1v) is 9.13. The molecule has 0 aromatic carbocycles. The molecule has 4 nitrogen and oxygen atoms in total. The molecule has 1 fully saturated rings. The summed E-state index contributed by atoms with van der Waals surface area (Å²) in [5.74, 6) is 0.402. The first kappa shape index (κ1) is 15.3. The zero-order valence-electron chi connectivity index (χ0n) is 10.9. The first-order chi connectivity index (χ1) is 9.04. The van der Waals surface area contributed by atoms with Crippen LogP contribution in [0.15, 0.2) is 16.3 Å². The maximum Gasteiger partial charge on any atom is 0.252 e. The van der Waals surface area contributed by atoms with Gasteiger partial charge in [0.25, 0.3) is 10.0 Å². The van der Waals surface area contributed by atoms with Gasteiger partial charge in [0, 0.05) is 13.1 Å². The molecule has 0 amide bonds. The fourth-order valence-electron chi connectivity index (χ4n) is 2.33. The molecule has 1 aromatic heterocycles. The van der Waals surface area contributed by atoms with Crippen LogP contribution in [-0.4, -0.2) is 38.9 Å². The number of piperidine rings is 1. The lowest BCUT2D eigenvalue weighted by atomic mass is 10.00. The Labute approximate surface area is 123 Å². The van der Waals surface area contributed by atoms with Gasteiger partial charge in [0.1, 0.15) is 4.21 Å². The lowest BCUT2D eigenvalue weighted by molar-refractivity contribution is 0.298. The van der Waals surface area contributed by atoms with Gasteiger partial charge in [-0.25, -0.2) is 8.42 Å². The van der Waals surface area contributed by atoms with Crippen molar-refractivity contribution in [2.24, 2.45) is 5.92 Å². The lowest BCUT2D eigenvalue weighted by Gasteiger charge is -2.28. The molecule has 7 heteroatoms. The van der Waals surface area contributed by atoms with Gasteiger partial charge in [-0.05, 0) is 44.0 Å². The summed E-state index contributed by atoms with van der Waals surface area (Å²) in [6.07, 6.45) is 2.21. The molecule has 1 aliphatic heterocycles. The maximum atomic E-state index is 12.5. The molecule has 2 heterocycles. The summed E-state index contributed by atoms with van der Waals surface area (Å²) >= 11 is 6.95. The minimum absolute atomic E-state index is 0.336. The van der Waals surface area contributed by atoms with E-state index in [0.29, 0.717) is 27.6 Å². The lowest BCUT2D eigenvalue weighted by Crippen LogP contribution is -2.40. The van der Waals surface area contributed by atoms with Gasteiger partial charge in [0.2, 0.25) is 0 Å². The van der Waals surface area contributed by atoms with E-state index in [0.717, 1.165) is 37.3 Å². The normalized spacial score (nSPS) is 20.9. The minimum atomic E-state index is -3.39. The topological polar surface area (TPSA) is 49.4 Å². The molecule has 1 atom stereocenters. The average molecular weight is 323 g/mol. The molecule has 0 bridgehead atoms. The van der Waals surface area contributed by atoms with E-state index in [4.69, 9.17) is 11.6 Å². The Balaban J connectivity index is 2.11. The number of sulfonamides is 1. The van der Waals surface area contributed by atoms with E-state index in [1.165, 1.54) is 0 Å². The van der Waals surface area contributed by atoms with Gasteiger partial charge in [-0.2, -0.15) is 4.31 Å². The molecular formula is C12H19ClN2O2S2. The third kappa shape index (κ3) is 3.70. The second-order valence-corrected chi connectivity index (χ2v) is 8.61. The minimum Gasteiger partial charge on any atom is -0.316 e. The van der Waals surface area contributed by atoms with Crippen LogP contribution in [0.25, 0.3) is 0 Å². The van der Waals surface area contributed by atoms with Crippen molar-refractivity contribution in [2.75, 3.05) is 26.2 Å². The number of nitrogens with one attached hydrogen (secondary N) is 1. The van der Waals surface area contributed by atoms with E-state index in [1.54, 1.807) is 16.4 Å². The quantitative estimate of drug-likeness (QED) is 0.905. The number of hydrogen-bond acceptors (Lipinski definition) is 4. The molecular weight excluding hydrogens is 304 g/mol. The summed E-state index contributed by atoms with van der Waals surface area (Å²) in [5.41, 5.74) is 0. The van der Waals surface area contributed by atoms with Crippen molar-refractivity contribution < 1.29 is 8.42 Å². The van der Waals surface area contributed by atoms with Gasteiger partial charge in [-0.15, -0.1) is 11.3 Å². The molecule has 1 unspecified atom stereocenters. The van der Waals surface area contributed by atoms with Crippen molar-refractivity contribution in [3.05, 3.63) is 16.5 Å². The summed E-state index contributed by atoms with van der Waals surface area (Å²) in [4.78, 5) is 0. The van der Waals surface area contributed by atoms with Gasteiger partial charge < -0.3 is 5.32 Å². The van der Waals surface area contributed by atoms with Gasteiger partial charge in [-0.1, -0.05) is 18.5 Å². The van der Waals surface area contributed by atoms with Crippen LogP contribution >= 0.6 is 22.9 Å². The molecule has 1 aromatic rings. The first-order valence-electron chi connectivity index (χ1n) is 6.50. The van der Waals surface area contributed by atoms with Crippen molar-refractivity contribution in [1.82, 2.24) is 9.62 Å². The third-order valence-electron chi connectivity index (χ3n) is 3.36. The zero-order valence-corrected chi connectivity index (χ0v) is 13.3. The highest BCUT2D eigenvalue weighted by Crippen LogP contribution is 2.28. The Kier molecular flexibility index (Phi) is 5.25. The smallest absolute Gasteiger partial charge is 0.252 e. The predicted molar refractivity (Wildman–Crippen MR) is 79.4 cm³/mol. The van der Waals surface area contributed by atoms with Crippen molar-refractivity contribution in [3.63, 3.8) is 0 Å². The summed E-state index contributed by atoms with van der Waals surface area (Å²) in [7, 11) is -3.39. The summed E-state index contributed by atoms with van der Waals surface area (Å²) in [6.45, 7) is 4.89. The molecule has 1 N–H and O–H groups in total. The number of hydrogen-bond donors (Lipinski definition) is 1. The Bertz CT molecular complexity index is 510. The molecule has 0 aliphatic carbocycles. The van der Waals surface area contributed by atoms with Crippen LogP contribution in [0.2, 0.25) is 4.34 Å². The highest BCUT2D eigenvalue weighted by Gasteiger charge is 2.27. The maximum absolute atomic E-state index is 12.5. The fourth-order valence-corrected chi connectivity index (χ4v) is 5.49. The third-order valence-corrected chi connectivity index (χ3v) is 7.00. The van der Waals surface area contributed by atoms with Crippen LogP contribution in [0.4, 0.5) is 0 Å². The molecule has 108 valence electrons. The second kappa shape index (κ2) is 6.54. The van der Waals surface area contributed by atoms with Crippen LogP contribution < -0.4 is 5.32 Å². The van der Waals surface area contributed by atoms with Crippen LogP contribution in [0.1, 0.15) is 19.8 Å². The van der Waals surface area contributed by atoms with Gasteiger partial charge >= 0.3 is 0 Å². The Morgan fingerprint density at radius 2 is 2.32 bits per heavy atom. The molecule has 0 spiro atoms. The molecule has 0 saturated carbocycles. The molecule has 19 heavy (non-hydrogen) atoms. The van der Waals surface area contributed by atoms with E-state index in [2.05, 4.69) is 5.32 Å². The monoisotopic (exact) mass is 322 g/mol. The zero-order chi connectivity index (χ0) is 13.9. The van der Waals surface area contributed by atoms with Crippen molar-refractivity contribution in [2.45, 2.75) is 24.0 Å². The average Bonchev–Trinajstić information content (AvgIpc) is 2.84. The molecule has 2 rings (SSSR count). The Morgan fingerprint density at radius 1 is 1.53 bits per heavy atom. The SMILES string of the molecule is CCN(CC1CCCNC1)S(=O)(=O)c1ccc(Cl)s1. The van der Waals surface area contributed by atoms with Crippen molar-refractivity contribution in [1.29, 1.82) is 0 Å². The van der Waals surface area contributed by atoms with E-state index in [9.17, 15) is 8.42 Å². The molecule has 1 aliphatic rings. The highest BCUT2D eigenvalue weighted by atomic mass is 35.5. The Morgan fingerprint density at radius 3 is 2.84 bits per heavy atom.